The first-order valence-electron chi connectivity index (χ1n) is 8.05. The number of rotatable bonds is 4. The Morgan fingerprint density at radius 3 is 2.80 bits per heavy atom. The van der Waals surface area contributed by atoms with E-state index < -0.39 is 0 Å². The van der Waals surface area contributed by atoms with Gasteiger partial charge < -0.3 is 9.26 Å². The van der Waals surface area contributed by atoms with E-state index in [1.165, 1.54) is 0 Å². The zero-order valence-corrected chi connectivity index (χ0v) is 14.4. The van der Waals surface area contributed by atoms with Gasteiger partial charge in [-0.3, -0.25) is 9.67 Å². The highest BCUT2D eigenvalue weighted by Gasteiger charge is 2.13. The van der Waals surface area contributed by atoms with E-state index in [0.29, 0.717) is 12.4 Å². The smallest absolute Gasteiger partial charge is 0.174 e. The molecule has 0 saturated heterocycles. The van der Waals surface area contributed by atoms with Crippen molar-refractivity contribution >= 4 is 10.9 Å². The quantitative estimate of drug-likeness (QED) is 0.567. The average Bonchev–Trinajstić information content (AvgIpc) is 3.20. The first-order chi connectivity index (χ1) is 12.1. The molecule has 0 bridgehead atoms. The average molecular weight is 334 g/mol. The van der Waals surface area contributed by atoms with Crippen LogP contribution in [-0.2, 0) is 13.7 Å². The van der Waals surface area contributed by atoms with E-state index in [1.807, 2.05) is 62.0 Å². The van der Waals surface area contributed by atoms with Crippen LogP contribution in [-0.4, -0.2) is 19.9 Å². The van der Waals surface area contributed by atoms with Crippen LogP contribution >= 0.6 is 0 Å². The molecular weight excluding hydrogens is 316 g/mol. The highest BCUT2D eigenvalue weighted by Crippen LogP contribution is 2.27. The molecule has 25 heavy (non-hydrogen) atoms. The van der Waals surface area contributed by atoms with Crippen LogP contribution in [0.1, 0.15) is 17.1 Å². The second-order valence-corrected chi connectivity index (χ2v) is 6.01. The van der Waals surface area contributed by atoms with E-state index in [0.717, 1.165) is 39.3 Å². The number of pyridine rings is 1. The van der Waals surface area contributed by atoms with Gasteiger partial charge in [0.05, 0.1) is 11.7 Å². The van der Waals surface area contributed by atoms with Crippen molar-refractivity contribution in [2.45, 2.75) is 20.5 Å². The summed E-state index contributed by atoms with van der Waals surface area (Å²) >= 11 is 0. The van der Waals surface area contributed by atoms with Gasteiger partial charge in [0.2, 0.25) is 0 Å². The standard InChI is InChI=1S/C19H18N4O2/c1-12-8-19(15-6-4-5-7-17(15)21-12)24-11-14-9-18(22-25-14)16-10-20-23(3)13(16)2/h4-10H,11H2,1-3H3. The lowest BCUT2D eigenvalue weighted by Gasteiger charge is -2.08. The molecule has 0 aliphatic heterocycles. The molecule has 0 radical (unpaired) electrons. The predicted octanol–water partition coefficient (Wildman–Crippen LogP) is 3.82. The van der Waals surface area contributed by atoms with Gasteiger partial charge in [-0.2, -0.15) is 5.10 Å². The van der Waals surface area contributed by atoms with E-state index in [9.17, 15) is 0 Å². The Balaban J connectivity index is 1.58. The van der Waals surface area contributed by atoms with Crippen molar-refractivity contribution < 1.29 is 9.26 Å². The number of hydrogen-bond acceptors (Lipinski definition) is 5. The molecule has 3 aromatic heterocycles. The third-order valence-corrected chi connectivity index (χ3v) is 4.25. The Hall–Kier alpha value is -3.15. The number of fused-ring (bicyclic) bond motifs is 1. The number of para-hydroxylation sites is 1. The molecule has 0 aliphatic rings. The van der Waals surface area contributed by atoms with Gasteiger partial charge in [0.15, 0.2) is 5.76 Å². The van der Waals surface area contributed by atoms with Gasteiger partial charge >= 0.3 is 0 Å². The Labute approximate surface area is 145 Å². The molecule has 0 aliphatic carbocycles. The van der Waals surface area contributed by atoms with Gasteiger partial charge in [-0.15, -0.1) is 0 Å². The maximum absolute atomic E-state index is 5.98. The molecule has 4 aromatic rings. The summed E-state index contributed by atoms with van der Waals surface area (Å²) in [6.07, 6.45) is 1.79. The van der Waals surface area contributed by atoms with Crippen LogP contribution in [0.25, 0.3) is 22.2 Å². The third kappa shape index (κ3) is 2.87. The lowest BCUT2D eigenvalue weighted by Crippen LogP contribution is -1.96. The molecule has 0 saturated carbocycles. The van der Waals surface area contributed by atoms with Crippen molar-refractivity contribution in [2.75, 3.05) is 0 Å². The Morgan fingerprint density at radius 2 is 2.00 bits per heavy atom. The Kier molecular flexibility index (Phi) is 3.72. The van der Waals surface area contributed by atoms with Crippen LogP contribution < -0.4 is 4.74 Å². The fourth-order valence-corrected chi connectivity index (χ4v) is 2.80. The van der Waals surface area contributed by atoms with Crippen LogP contribution in [0.4, 0.5) is 0 Å². The first kappa shape index (κ1) is 15.4. The van der Waals surface area contributed by atoms with Crippen LogP contribution in [0.15, 0.2) is 47.1 Å². The first-order valence-corrected chi connectivity index (χ1v) is 8.05. The van der Waals surface area contributed by atoms with Crippen molar-refractivity contribution in [1.29, 1.82) is 0 Å². The van der Waals surface area contributed by atoms with Crippen LogP contribution in [0, 0.1) is 13.8 Å². The van der Waals surface area contributed by atoms with Crippen LogP contribution in [0.3, 0.4) is 0 Å². The maximum Gasteiger partial charge on any atom is 0.174 e. The molecule has 0 amide bonds. The van der Waals surface area contributed by atoms with Gasteiger partial charge in [-0.05, 0) is 26.0 Å². The van der Waals surface area contributed by atoms with Gasteiger partial charge in [-0.1, -0.05) is 17.3 Å². The summed E-state index contributed by atoms with van der Waals surface area (Å²) < 4.78 is 13.2. The lowest BCUT2D eigenvalue weighted by atomic mass is 10.2. The minimum atomic E-state index is 0.305. The van der Waals surface area contributed by atoms with Crippen LogP contribution in [0.5, 0.6) is 5.75 Å². The molecule has 3 heterocycles. The molecule has 6 nitrogen and oxygen atoms in total. The van der Waals surface area contributed by atoms with E-state index in [-0.39, 0.29) is 0 Å². The predicted molar refractivity (Wildman–Crippen MR) is 94.3 cm³/mol. The molecular formula is C19H18N4O2. The number of aromatic nitrogens is 4. The third-order valence-electron chi connectivity index (χ3n) is 4.25. The molecule has 1 aromatic carbocycles. The molecule has 0 atom stereocenters. The zero-order valence-electron chi connectivity index (χ0n) is 14.4. The minimum Gasteiger partial charge on any atom is -0.485 e. The van der Waals surface area contributed by atoms with E-state index >= 15 is 0 Å². The summed E-state index contributed by atoms with van der Waals surface area (Å²) in [7, 11) is 1.90. The lowest BCUT2D eigenvalue weighted by molar-refractivity contribution is 0.252. The fourth-order valence-electron chi connectivity index (χ4n) is 2.80. The van der Waals surface area contributed by atoms with Gasteiger partial charge in [0.1, 0.15) is 18.1 Å². The highest BCUT2D eigenvalue weighted by atomic mass is 16.5. The normalized spacial score (nSPS) is 11.2. The number of nitrogens with zero attached hydrogens (tertiary/aromatic N) is 4. The summed E-state index contributed by atoms with van der Waals surface area (Å²) in [5.41, 5.74) is 4.60. The summed E-state index contributed by atoms with van der Waals surface area (Å²) in [6, 6.07) is 11.8. The van der Waals surface area contributed by atoms with Crippen molar-refractivity contribution in [3.8, 4) is 17.0 Å². The second kappa shape index (κ2) is 6.05. The molecule has 0 fully saturated rings. The zero-order chi connectivity index (χ0) is 17.4. The topological polar surface area (TPSA) is 66.0 Å². The molecule has 126 valence electrons. The summed E-state index contributed by atoms with van der Waals surface area (Å²) in [6.45, 7) is 4.26. The number of hydrogen-bond donors (Lipinski definition) is 0. The summed E-state index contributed by atoms with van der Waals surface area (Å²) in [5, 5.41) is 9.35. The second-order valence-electron chi connectivity index (χ2n) is 6.01. The van der Waals surface area contributed by atoms with Crippen molar-refractivity contribution in [1.82, 2.24) is 19.9 Å². The fraction of sp³-hybridized carbons (Fsp3) is 0.211. The monoisotopic (exact) mass is 334 g/mol. The van der Waals surface area contributed by atoms with Crippen molar-refractivity contribution in [3.05, 3.63) is 59.7 Å². The molecule has 4 rings (SSSR count). The number of benzene rings is 1. The summed E-state index contributed by atoms with van der Waals surface area (Å²) in [4.78, 5) is 4.52. The minimum absolute atomic E-state index is 0.305. The van der Waals surface area contributed by atoms with Gasteiger partial charge in [0.25, 0.3) is 0 Å². The number of ether oxygens (including phenoxy) is 1. The van der Waals surface area contributed by atoms with Gasteiger partial charge in [0, 0.05) is 41.5 Å². The largest absolute Gasteiger partial charge is 0.485 e. The van der Waals surface area contributed by atoms with E-state index in [2.05, 4.69) is 15.2 Å². The van der Waals surface area contributed by atoms with Crippen molar-refractivity contribution in [3.63, 3.8) is 0 Å². The summed E-state index contributed by atoms with van der Waals surface area (Å²) in [5.74, 6) is 1.45. The highest BCUT2D eigenvalue weighted by molar-refractivity contribution is 5.85. The van der Waals surface area contributed by atoms with Gasteiger partial charge in [-0.25, -0.2) is 0 Å². The number of aryl methyl sites for hydroxylation is 2. The molecule has 0 unspecified atom stereocenters. The van der Waals surface area contributed by atoms with E-state index in [4.69, 9.17) is 9.26 Å². The van der Waals surface area contributed by atoms with E-state index in [1.54, 1.807) is 6.20 Å². The van der Waals surface area contributed by atoms with Crippen molar-refractivity contribution in [2.24, 2.45) is 7.05 Å². The van der Waals surface area contributed by atoms with Crippen LogP contribution in [0.2, 0.25) is 0 Å². The SMILES string of the molecule is Cc1cc(OCc2cc(-c3cnn(C)c3C)no2)c2ccccc2n1. The Bertz CT molecular complexity index is 1050. The molecule has 0 spiro atoms. The molecule has 0 N–H and O–H groups in total. The maximum atomic E-state index is 5.98. The Morgan fingerprint density at radius 1 is 1.16 bits per heavy atom. The molecule has 6 heteroatoms.